The van der Waals surface area contributed by atoms with E-state index in [1.807, 2.05) is 6.07 Å². The maximum atomic E-state index is 11.5. The van der Waals surface area contributed by atoms with Gasteiger partial charge in [-0.25, -0.2) is 4.79 Å². The summed E-state index contributed by atoms with van der Waals surface area (Å²) in [6.45, 7) is 1.19. The molecular weight excluding hydrogens is 332 g/mol. The first-order chi connectivity index (χ1) is 11.6. The summed E-state index contributed by atoms with van der Waals surface area (Å²) in [4.78, 5) is 24.7. The first kappa shape index (κ1) is 18.1. The van der Waals surface area contributed by atoms with E-state index in [9.17, 15) is 9.59 Å². The van der Waals surface area contributed by atoms with Crippen molar-refractivity contribution < 1.29 is 9.47 Å². The van der Waals surface area contributed by atoms with Gasteiger partial charge in [-0.3, -0.25) is 9.78 Å². The van der Waals surface area contributed by atoms with Crippen LogP contribution in [0.3, 0.4) is 0 Å². The average molecular weight is 353 g/mol. The molecule has 0 radical (unpaired) electrons. The molecule has 130 valence electrons. The normalized spacial score (nSPS) is 10.6. The second-order valence-corrected chi connectivity index (χ2v) is 5.77. The lowest BCUT2D eigenvalue weighted by molar-refractivity contribution is 0.303. The summed E-state index contributed by atoms with van der Waals surface area (Å²) in [7, 11) is 1.59. The molecule has 2 rings (SSSR count). The Bertz CT molecular complexity index is 770. The summed E-state index contributed by atoms with van der Waals surface area (Å²) in [5.41, 5.74) is -0.731. The number of nitrogens with zero attached hydrogens (tertiary/aromatic N) is 1. The van der Waals surface area contributed by atoms with Crippen molar-refractivity contribution in [1.82, 2.24) is 9.55 Å². The molecule has 0 amide bonds. The van der Waals surface area contributed by atoms with E-state index in [-0.39, 0.29) is 11.2 Å². The van der Waals surface area contributed by atoms with E-state index in [2.05, 4.69) is 4.98 Å². The number of hydrogen-bond donors (Lipinski definition) is 1. The van der Waals surface area contributed by atoms with Crippen LogP contribution in [0.4, 0.5) is 0 Å². The van der Waals surface area contributed by atoms with Gasteiger partial charge in [0.05, 0.1) is 18.7 Å². The molecule has 0 saturated heterocycles. The standard InChI is InChI=1S/C17H21ClN2O4/c1-23-13-6-7-15(14(18)12-13)24-11-5-3-2-4-9-20-10-8-16(21)19-17(20)22/h6-8,10,12H,2-5,9,11H2,1H3,(H,19,21,22). The number of methoxy groups -OCH3 is 1. The molecule has 1 aromatic heterocycles. The Balaban J connectivity index is 1.63. The van der Waals surface area contributed by atoms with E-state index < -0.39 is 0 Å². The predicted molar refractivity (Wildman–Crippen MR) is 93.3 cm³/mol. The molecule has 0 bridgehead atoms. The molecule has 1 N–H and O–H groups in total. The lowest BCUT2D eigenvalue weighted by Crippen LogP contribution is -2.28. The molecular formula is C17H21ClN2O4. The number of aromatic amines is 1. The molecule has 0 aliphatic heterocycles. The average Bonchev–Trinajstić information content (AvgIpc) is 2.56. The van der Waals surface area contributed by atoms with Gasteiger partial charge in [-0.15, -0.1) is 0 Å². The van der Waals surface area contributed by atoms with Crippen LogP contribution in [-0.4, -0.2) is 23.3 Å². The van der Waals surface area contributed by atoms with Crippen LogP contribution < -0.4 is 20.7 Å². The van der Waals surface area contributed by atoms with Gasteiger partial charge in [-0.05, 0) is 25.0 Å². The van der Waals surface area contributed by atoms with E-state index in [1.165, 1.54) is 16.8 Å². The second-order valence-electron chi connectivity index (χ2n) is 5.36. The fraction of sp³-hybridized carbons (Fsp3) is 0.412. The highest BCUT2D eigenvalue weighted by Gasteiger charge is 2.03. The molecule has 2 aromatic rings. The lowest BCUT2D eigenvalue weighted by Gasteiger charge is -2.09. The Morgan fingerprint density at radius 2 is 1.92 bits per heavy atom. The van der Waals surface area contributed by atoms with E-state index in [0.717, 1.165) is 25.7 Å². The maximum Gasteiger partial charge on any atom is 0.328 e. The van der Waals surface area contributed by atoms with Crippen LogP contribution in [0.1, 0.15) is 25.7 Å². The van der Waals surface area contributed by atoms with Crippen molar-refractivity contribution in [3.63, 3.8) is 0 Å². The molecule has 0 unspecified atom stereocenters. The van der Waals surface area contributed by atoms with Crippen molar-refractivity contribution in [2.75, 3.05) is 13.7 Å². The number of H-pyrrole nitrogens is 1. The minimum atomic E-state index is -0.370. The number of aryl methyl sites for hydroxylation is 1. The van der Waals surface area contributed by atoms with Crippen molar-refractivity contribution in [2.45, 2.75) is 32.2 Å². The van der Waals surface area contributed by atoms with Crippen LogP contribution in [0, 0.1) is 0 Å². The van der Waals surface area contributed by atoms with Crippen molar-refractivity contribution in [3.05, 3.63) is 56.3 Å². The van der Waals surface area contributed by atoms with Gasteiger partial charge in [0.15, 0.2) is 0 Å². The quantitative estimate of drug-likeness (QED) is 0.704. The SMILES string of the molecule is COc1ccc(OCCCCCCn2ccc(=O)[nH]c2=O)c(Cl)c1. The smallest absolute Gasteiger partial charge is 0.328 e. The number of hydrogen-bond acceptors (Lipinski definition) is 4. The lowest BCUT2D eigenvalue weighted by atomic mass is 10.2. The predicted octanol–water partition coefficient (Wildman–Crippen LogP) is 2.84. The van der Waals surface area contributed by atoms with Crippen LogP contribution in [0.2, 0.25) is 5.02 Å². The van der Waals surface area contributed by atoms with Gasteiger partial charge in [0, 0.05) is 24.9 Å². The third-order valence-electron chi connectivity index (χ3n) is 3.59. The summed E-state index contributed by atoms with van der Waals surface area (Å²) in [5, 5.41) is 0.534. The van der Waals surface area contributed by atoms with E-state index in [1.54, 1.807) is 19.2 Å². The molecule has 7 heteroatoms. The van der Waals surface area contributed by atoms with Gasteiger partial charge >= 0.3 is 5.69 Å². The van der Waals surface area contributed by atoms with Crippen molar-refractivity contribution in [3.8, 4) is 11.5 Å². The molecule has 0 aliphatic rings. The van der Waals surface area contributed by atoms with Gasteiger partial charge in [0.1, 0.15) is 11.5 Å². The highest BCUT2D eigenvalue weighted by molar-refractivity contribution is 6.32. The number of ether oxygens (including phenoxy) is 2. The van der Waals surface area contributed by atoms with Gasteiger partial charge in [-0.2, -0.15) is 0 Å². The van der Waals surface area contributed by atoms with Crippen LogP contribution >= 0.6 is 11.6 Å². The Hall–Kier alpha value is -2.21. The molecule has 0 fully saturated rings. The number of rotatable bonds is 9. The van der Waals surface area contributed by atoms with Crippen molar-refractivity contribution in [2.24, 2.45) is 0 Å². The Labute approximate surface area is 145 Å². The van der Waals surface area contributed by atoms with Gasteiger partial charge in [0.25, 0.3) is 5.56 Å². The minimum Gasteiger partial charge on any atom is -0.497 e. The van der Waals surface area contributed by atoms with Crippen LogP contribution in [-0.2, 0) is 6.54 Å². The fourth-order valence-corrected chi connectivity index (χ4v) is 2.49. The summed E-state index contributed by atoms with van der Waals surface area (Å²) < 4.78 is 12.2. The summed E-state index contributed by atoms with van der Waals surface area (Å²) in [6.07, 6.45) is 5.27. The van der Waals surface area contributed by atoms with Crippen LogP contribution in [0.25, 0.3) is 0 Å². The van der Waals surface area contributed by atoms with E-state index >= 15 is 0 Å². The highest BCUT2D eigenvalue weighted by Crippen LogP contribution is 2.28. The number of unbranched alkanes of at least 4 members (excludes halogenated alkanes) is 3. The molecule has 0 saturated carbocycles. The highest BCUT2D eigenvalue weighted by atomic mass is 35.5. The topological polar surface area (TPSA) is 73.3 Å². The summed E-state index contributed by atoms with van der Waals surface area (Å²) >= 11 is 6.10. The van der Waals surface area contributed by atoms with Crippen LogP contribution in [0.5, 0.6) is 11.5 Å². The number of benzene rings is 1. The second kappa shape index (κ2) is 9.17. The van der Waals surface area contributed by atoms with E-state index in [0.29, 0.717) is 29.7 Å². The fourth-order valence-electron chi connectivity index (χ4n) is 2.27. The maximum absolute atomic E-state index is 11.5. The molecule has 6 nitrogen and oxygen atoms in total. The number of halogens is 1. The molecule has 0 aliphatic carbocycles. The largest absolute Gasteiger partial charge is 0.497 e. The number of aromatic nitrogens is 2. The Morgan fingerprint density at radius 1 is 1.12 bits per heavy atom. The van der Waals surface area contributed by atoms with Crippen molar-refractivity contribution in [1.29, 1.82) is 0 Å². The van der Waals surface area contributed by atoms with Crippen LogP contribution in [0.15, 0.2) is 40.1 Å². The zero-order valence-corrected chi connectivity index (χ0v) is 14.3. The Morgan fingerprint density at radius 3 is 2.62 bits per heavy atom. The zero-order valence-electron chi connectivity index (χ0n) is 13.6. The Kier molecular flexibility index (Phi) is 6.93. The molecule has 0 spiro atoms. The first-order valence-corrected chi connectivity index (χ1v) is 8.24. The van der Waals surface area contributed by atoms with Gasteiger partial charge in [-0.1, -0.05) is 24.4 Å². The van der Waals surface area contributed by atoms with Crippen molar-refractivity contribution >= 4 is 11.6 Å². The minimum absolute atomic E-state index is 0.361. The number of nitrogens with one attached hydrogen (secondary N) is 1. The third kappa shape index (κ3) is 5.45. The molecule has 24 heavy (non-hydrogen) atoms. The van der Waals surface area contributed by atoms with Gasteiger partial charge < -0.3 is 14.0 Å². The summed E-state index contributed by atoms with van der Waals surface area (Å²) in [6, 6.07) is 6.68. The molecule has 1 aromatic carbocycles. The van der Waals surface area contributed by atoms with Gasteiger partial charge in [0.2, 0.25) is 0 Å². The third-order valence-corrected chi connectivity index (χ3v) is 3.88. The molecule has 0 atom stereocenters. The monoisotopic (exact) mass is 352 g/mol. The molecule has 1 heterocycles. The first-order valence-electron chi connectivity index (χ1n) is 7.86. The zero-order chi connectivity index (χ0) is 17.4. The summed E-state index contributed by atoms with van der Waals surface area (Å²) in [5.74, 6) is 1.35. The van der Waals surface area contributed by atoms with E-state index in [4.69, 9.17) is 21.1 Å².